The van der Waals surface area contributed by atoms with Crippen LogP contribution in [0.1, 0.15) is 46.1 Å². The van der Waals surface area contributed by atoms with Crippen LogP contribution in [-0.2, 0) is 29.3 Å². The maximum atomic E-state index is 14.3. The van der Waals surface area contributed by atoms with Crippen LogP contribution in [0.3, 0.4) is 0 Å². The molecule has 8 rings (SSSR count). The number of rotatable bonds is 8. The van der Waals surface area contributed by atoms with Gasteiger partial charge in [-0.15, -0.1) is 0 Å². The number of aliphatic hydroxyl groups is 1. The minimum absolute atomic E-state index is 0.0296. The molecule has 2 aromatic heterocycles. The van der Waals surface area contributed by atoms with Gasteiger partial charge in [0, 0.05) is 74.8 Å². The molecule has 1 aliphatic carbocycles. The number of hydrogen-bond acceptors (Lipinski definition) is 5. The van der Waals surface area contributed by atoms with Crippen LogP contribution < -0.4 is 15.4 Å². The number of nitrogens with zero attached hydrogens (tertiary/aromatic N) is 4. The molecule has 2 aliphatic rings. The Morgan fingerprint density at radius 3 is 1.65 bits per heavy atom. The van der Waals surface area contributed by atoms with Crippen LogP contribution in [0.15, 0.2) is 95.1 Å². The number of aryl methyl sites for hydroxylation is 2. The Morgan fingerprint density at radius 2 is 1.15 bits per heavy atom. The molecule has 0 bridgehead atoms. The van der Waals surface area contributed by atoms with Gasteiger partial charge in [-0.3, -0.25) is 19.4 Å². The van der Waals surface area contributed by atoms with Gasteiger partial charge in [-0.25, -0.2) is 0 Å². The molecule has 0 radical (unpaired) electrons. The van der Waals surface area contributed by atoms with Crippen LogP contribution in [0.25, 0.3) is 55.5 Å². The van der Waals surface area contributed by atoms with E-state index in [0.29, 0.717) is 31.5 Å². The summed E-state index contributed by atoms with van der Waals surface area (Å²) in [6.45, 7) is 10.3. The second-order valence-electron chi connectivity index (χ2n) is 13.8. The average molecular weight is 737 g/mol. The second-order valence-corrected chi connectivity index (χ2v) is 14.1. The first-order valence-electron chi connectivity index (χ1n) is 18.9. The molecular formula is C45H44N4O4S. The number of hydrogen-bond donors (Lipinski definition) is 1. The Morgan fingerprint density at radius 1 is 0.648 bits per heavy atom. The number of benzene rings is 4. The van der Waals surface area contributed by atoms with E-state index in [1.54, 1.807) is 16.9 Å². The number of carbonyl (C=O) groups excluding carboxylic acids is 2. The Bertz CT molecular complexity index is 2580. The van der Waals surface area contributed by atoms with E-state index in [2.05, 4.69) is 89.8 Å². The molecule has 8 nitrogen and oxygen atoms in total. The standard InChI is InChI=1S/C45H44N4O4S/c1-6-46-34(31-13-10-12-30-29(26-50)20-23-36(46)40(30)31)21-18-27-16-17-28(39(27)42-43(51)48(8-3)45(54)49(9-4)44(42)52)19-22-35-32-14-11-15-33-38(53-5)25-24-37(41(32)33)47(35)7-2/h10-15,18-25,50H,6-9,16-17,26H2,1-5H3/b27-18+,28-19+,34-21+,35-22+. The summed E-state index contributed by atoms with van der Waals surface area (Å²) in [7, 11) is 1.70. The van der Waals surface area contributed by atoms with Crippen molar-refractivity contribution >= 4 is 84.6 Å². The van der Waals surface area contributed by atoms with Crippen molar-refractivity contribution in [2.45, 2.75) is 60.2 Å². The molecule has 9 heteroatoms. The maximum absolute atomic E-state index is 14.3. The van der Waals surface area contributed by atoms with Gasteiger partial charge in [0.05, 0.1) is 13.7 Å². The van der Waals surface area contributed by atoms with E-state index in [0.717, 1.165) is 89.6 Å². The molecular weight excluding hydrogens is 693 g/mol. The number of likely N-dealkylation sites (N-methyl/N-ethyl adjacent to an activating group) is 2. The highest BCUT2D eigenvalue weighted by atomic mass is 32.1. The van der Waals surface area contributed by atoms with Gasteiger partial charge in [0.2, 0.25) is 0 Å². The summed E-state index contributed by atoms with van der Waals surface area (Å²) in [5.41, 5.74) is 5.88. The summed E-state index contributed by atoms with van der Waals surface area (Å²) < 4.78 is 10.3. The maximum Gasteiger partial charge on any atom is 0.266 e. The predicted molar refractivity (Wildman–Crippen MR) is 222 cm³/mol. The molecule has 0 unspecified atom stereocenters. The van der Waals surface area contributed by atoms with Crippen molar-refractivity contribution in [2.75, 3.05) is 20.2 Å². The van der Waals surface area contributed by atoms with Crippen LogP contribution in [0, 0.1) is 0 Å². The van der Waals surface area contributed by atoms with E-state index in [1.165, 1.54) is 0 Å². The molecule has 0 spiro atoms. The Balaban J connectivity index is 1.38. The zero-order chi connectivity index (χ0) is 37.8. The summed E-state index contributed by atoms with van der Waals surface area (Å²) in [6, 6.07) is 20.8. The van der Waals surface area contributed by atoms with Crippen molar-refractivity contribution < 1.29 is 19.4 Å². The topological polar surface area (TPSA) is 79.9 Å². The first-order valence-corrected chi connectivity index (χ1v) is 19.3. The number of ether oxygens (including phenoxy) is 1. The van der Waals surface area contributed by atoms with Crippen molar-refractivity contribution in [3.05, 3.63) is 111 Å². The number of amides is 2. The highest BCUT2D eigenvalue weighted by molar-refractivity contribution is 7.80. The van der Waals surface area contributed by atoms with Crippen LogP contribution >= 0.6 is 12.2 Å². The second kappa shape index (κ2) is 14.0. The Hall–Kier alpha value is -5.51. The van der Waals surface area contributed by atoms with Gasteiger partial charge in [0.15, 0.2) is 5.11 Å². The average Bonchev–Trinajstić information content (AvgIpc) is 3.84. The molecule has 6 aromatic rings. The van der Waals surface area contributed by atoms with Gasteiger partial charge in [-0.2, -0.15) is 0 Å². The number of aliphatic hydroxyl groups excluding tert-OH is 1. The van der Waals surface area contributed by atoms with Crippen molar-refractivity contribution in [3.8, 4) is 5.75 Å². The molecule has 1 saturated carbocycles. The molecule has 2 fully saturated rings. The molecule has 2 amide bonds. The first-order chi connectivity index (χ1) is 26.3. The number of thiocarbonyl (C=S) groups is 1. The third kappa shape index (κ3) is 5.24. The highest BCUT2D eigenvalue weighted by Gasteiger charge is 2.42. The number of carbonyl (C=O) groups is 2. The third-order valence-electron chi connectivity index (χ3n) is 11.3. The van der Waals surface area contributed by atoms with Gasteiger partial charge in [-0.05, 0) is 111 Å². The van der Waals surface area contributed by atoms with Gasteiger partial charge < -0.3 is 19.0 Å². The van der Waals surface area contributed by atoms with E-state index >= 15 is 0 Å². The fourth-order valence-electron chi connectivity index (χ4n) is 8.79. The fraction of sp³-hybridized carbons (Fsp3) is 0.267. The largest absolute Gasteiger partial charge is 0.496 e. The molecule has 1 N–H and O–H groups in total. The van der Waals surface area contributed by atoms with Crippen LogP contribution in [0.5, 0.6) is 5.75 Å². The predicted octanol–water partition coefficient (Wildman–Crippen LogP) is 7.08. The number of methoxy groups -OCH3 is 1. The summed E-state index contributed by atoms with van der Waals surface area (Å²) in [5.74, 6) is 0.135. The summed E-state index contributed by atoms with van der Waals surface area (Å²) in [6.07, 6.45) is 9.83. The normalized spacial score (nSPS) is 17.9. The fourth-order valence-corrected chi connectivity index (χ4v) is 9.21. The summed E-state index contributed by atoms with van der Waals surface area (Å²) in [4.78, 5) is 31.7. The van der Waals surface area contributed by atoms with Gasteiger partial charge in [-0.1, -0.05) is 54.6 Å². The lowest BCUT2D eigenvalue weighted by Crippen LogP contribution is -2.56. The Kier molecular flexibility index (Phi) is 9.24. The zero-order valence-corrected chi connectivity index (χ0v) is 32.2. The number of aromatic nitrogens is 2. The molecule has 4 aromatic carbocycles. The van der Waals surface area contributed by atoms with Crippen LogP contribution in [0.2, 0.25) is 0 Å². The SMILES string of the molecule is CCN1C(=O)C(=C2/C(=C/C=c3\c4cccc5c(CO)ccc(c54)n3CC)CC/C2=C\C=c2/c3cccc4c(OC)ccc(c43)n2CC)C(=O)N(CC)C1=S. The third-order valence-corrected chi connectivity index (χ3v) is 11.7. The zero-order valence-electron chi connectivity index (χ0n) is 31.4. The lowest BCUT2D eigenvalue weighted by Gasteiger charge is -2.36. The van der Waals surface area contributed by atoms with Gasteiger partial charge in [0.25, 0.3) is 11.8 Å². The lowest BCUT2D eigenvalue weighted by atomic mass is 9.95. The van der Waals surface area contributed by atoms with Gasteiger partial charge in [0.1, 0.15) is 11.3 Å². The van der Waals surface area contributed by atoms with E-state index in [1.807, 2.05) is 32.0 Å². The molecule has 54 heavy (non-hydrogen) atoms. The van der Waals surface area contributed by atoms with E-state index in [-0.39, 0.29) is 29.1 Å². The molecule has 1 saturated heterocycles. The monoisotopic (exact) mass is 736 g/mol. The quantitative estimate of drug-likeness (QED) is 0.103. The van der Waals surface area contributed by atoms with Crippen molar-refractivity contribution in [1.82, 2.24) is 18.9 Å². The van der Waals surface area contributed by atoms with E-state index in [9.17, 15) is 14.7 Å². The number of allylic oxidation sites excluding steroid dienone is 5. The molecule has 1 aliphatic heterocycles. The molecule has 0 atom stereocenters. The summed E-state index contributed by atoms with van der Waals surface area (Å²) >= 11 is 5.66. The minimum Gasteiger partial charge on any atom is -0.496 e. The van der Waals surface area contributed by atoms with Crippen LogP contribution in [-0.4, -0.2) is 61.2 Å². The summed E-state index contributed by atoms with van der Waals surface area (Å²) in [5, 5.41) is 19.1. The van der Waals surface area contributed by atoms with Crippen LogP contribution in [0.4, 0.5) is 0 Å². The Labute approximate surface area is 319 Å². The van der Waals surface area contributed by atoms with E-state index in [4.69, 9.17) is 17.0 Å². The van der Waals surface area contributed by atoms with Gasteiger partial charge >= 0.3 is 0 Å². The van der Waals surface area contributed by atoms with E-state index < -0.39 is 0 Å². The lowest BCUT2D eigenvalue weighted by molar-refractivity contribution is -0.133. The molecule has 3 heterocycles. The van der Waals surface area contributed by atoms with Crippen molar-refractivity contribution in [3.63, 3.8) is 0 Å². The highest BCUT2D eigenvalue weighted by Crippen LogP contribution is 2.41. The van der Waals surface area contributed by atoms with Crippen molar-refractivity contribution in [2.24, 2.45) is 0 Å². The smallest absolute Gasteiger partial charge is 0.266 e. The van der Waals surface area contributed by atoms with Crippen molar-refractivity contribution in [1.29, 1.82) is 0 Å². The minimum atomic E-state index is -0.351. The first kappa shape index (κ1) is 35.5. The molecule has 274 valence electrons.